The number of rotatable bonds is 4. The van der Waals surface area contributed by atoms with Crippen molar-refractivity contribution in [1.29, 1.82) is 0 Å². The van der Waals surface area contributed by atoms with Gasteiger partial charge in [0, 0.05) is 31.2 Å². The van der Waals surface area contributed by atoms with Crippen LogP contribution in [-0.4, -0.2) is 55.1 Å². The molecule has 0 saturated carbocycles. The van der Waals surface area contributed by atoms with Crippen LogP contribution in [0, 0.1) is 13.8 Å². The van der Waals surface area contributed by atoms with E-state index in [4.69, 9.17) is 16.3 Å². The Kier molecular flexibility index (Phi) is 4.48. The maximum atomic E-state index is 6.06. The van der Waals surface area contributed by atoms with Gasteiger partial charge in [-0.25, -0.2) is 9.67 Å². The van der Waals surface area contributed by atoms with E-state index in [9.17, 15) is 0 Å². The van der Waals surface area contributed by atoms with Crippen molar-refractivity contribution in [2.75, 3.05) is 19.7 Å². The first-order chi connectivity index (χ1) is 10.1. The summed E-state index contributed by atoms with van der Waals surface area (Å²) in [5.74, 6) is 1.71. The third kappa shape index (κ3) is 3.57. The van der Waals surface area contributed by atoms with E-state index >= 15 is 0 Å². The van der Waals surface area contributed by atoms with Crippen molar-refractivity contribution in [1.82, 2.24) is 29.3 Å². The number of nitrogens with zero attached hydrogens (tertiary/aromatic N) is 6. The Morgan fingerprint density at radius 2 is 2.29 bits per heavy atom. The van der Waals surface area contributed by atoms with Crippen LogP contribution in [0.25, 0.3) is 0 Å². The van der Waals surface area contributed by atoms with Crippen LogP contribution in [0.15, 0.2) is 0 Å². The quantitative estimate of drug-likeness (QED) is 0.842. The summed E-state index contributed by atoms with van der Waals surface area (Å²) in [6.45, 7) is 7.69. The topological polar surface area (TPSA) is 69.0 Å². The van der Waals surface area contributed by atoms with Gasteiger partial charge in [0.05, 0.1) is 19.3 Å². The number of morpholine rings is 1. The summed E-state index contributed by atoms with van der Waals surface area (Å²) in [5.41, 5.74) is 0.843. The standard InChI is InChI=1S/C12H17ClN6OS/c1-8-14-9(2)19(16-8)6-10-5-18(3-4-20-10)7-11-12(13)21-17-15-11/h10H,3-7H2,1-2H3/t10-/m1/s1. The third-order valence-electron chi connectivity index (χ3n) is 3.44. The number of halogens is 1. The van der Waals surface area contributed by atoms with Gasteiger partial charge in [-0.2, -0.15) is 5.10 Å². The summed E-state index contributed by atoms with van der Waals surface area (Å²) in [7, 11) is 0. The lowest BCUT2D eigenvalue weighted by Gasteiger charge is -2.32. The SMILES string of the molecule is Cc1nc(C)n(C[C@H]2CN(Cc3nnsc3Cl)CCO2)n1. The fourth-order valence-corrected chi connectivity index (χ4v) is 3.08. The highest BCUT2D eigenvalue weighted by molar-refractivity contribution is 7.10. The molecule has 114 valence electrons. The Labute approximate surface area is 132 Å². The lowest BCUT2D eigenvalue weighted by Crippen LogP contribution is -2.44. The average Bonchev–Trinajstić information content (AvgIpc) is 2.97. The lowest BCUT2D eigenvalue weighted by molar-refractivity contribution is -0.0408. The maximum Gasteiger partial charge on any atom is 0.147 e. The van der Waals surface area contributed by atoms with Crippen LogP contribution in [0.1, 0.15) is 17.3 Å². The minimum atomic E-state index is 0.101. The molecule has 21 heavy (non-hydrogen) atoms. The second-order valence-electron chi connectivity index (χ2n) is 5.11. The molecule has 1 atom stereocenters. The van der Waals surface area contributed by atoms with E-state index in [0.29, 0.717) is 24.0 Å². The van der Waals surface area contributed by atoms with E-state index in [-0.39, 0.29) is 6.10 Å². The van der Waals surface area contributed by atoms with Gasteiger partial charge in [0.1, 0.15) is 21.7 Å². The minimum Gasteiger partial charge on any atom is -0.374 e. The molecule has 9 heteroatoms. The van der Waals surface area contributed by atoms with Gasteiger partial charge in [0.25, 0.3) is 0 Å². The molecule has 0 N–H and O–H groups in total. The molecule has 7 nitrogen and oxygen atoms in total. The Balaban J connectivity index is 1.60. The van der Waals surface area contributed by atoms with Crippen molar-refractivity contribution in [2.45, 2.75) is 33.0 Å². The first-order valence-corrected chi connectivity index (χ1v) is 7.95. The molecule has 0 spiro atoms. The molecule has 3 heterocycles. The summed E-state index contributed by atoms with van der Waals surface area (Å²) in [6.07, 6.45) is 0.101. The Morgan fingerprint density at radius 3 is 2.95 bits per heavy atom. The highest BCUT2D eigenvalue weighted by Crippen LogP contribution is 2.20. The monoisotopic (exact) mass is 328 g/mol. The van der Waals surface area contributed by atoms with Crippen molar-refractivity contribution in [2.24, 2.45) is 0 Å². The molecule has 0 unspecified atom stereocenters. The zero-order chi connectivity index (χ0) is 14.8. The van der Waals surface area contributed by atoms with Gasteiger partial charge < -0.3 is 4.74 Å². The molecule has 3 rings (SSSR count). The van der Waals surface area contributed by atoms with Gasteiger partial charge in [-0.05, 0) is 13.8 Å². The molecule has 1 aliphatic rings. The molecule has 0 amide bonds. The van der Waals surface area contributed by atoms with Crippen LogP contribution in [0.3, 0.4) is 0 Å². The second-order valence-corrected chi connectivity index (χ2v) is 6.47. The van der Waals surface area contributed by atoms with Crippen molar-refractivity contribution < 1.29 is 4.74 Å². The van der Waals surface area contributed by atoms with E-state index in [2.05, 4.69) is 24.6 Å². The van der Waals surface area contributed by atoms with Gasteiger partial charge in [-0.15, -0.1) is 5.10 Å². The van der Waals surface area contributed by atoms with E-state index in [1.54, 1.807) is 0 Å². The van der Waals surface area contributed by atoms with E-state index in [1.165, 1.54) is 11.5 Å². The number of hydrogen-bond acceptors (Lipinski definition) is 7. The van der Waals surface area contributed by atoms with E-state index in [0.717, 1.165) is 30.4 Å². The smallest absolute Gasteiger partial charge is 0.147 e. The molecule has 2 aromatic rings. The molecule has 2 aromatic heterocycles. The molecular formula is C12H17ClN6OS. The fourth-order valence-electron chi connectivity index (χ4n) is 2.46. The van der Waals surface area contributed by atoms with Gasteiger partial charge in [-0.3, -0.25) is 4.90 Å². The van der Waals surface area contributed by atoms with E-state index < -0.39 is 0 Å². The minimum absolute atomic E-state index is 0.101. The Morgan fingerprint density at radius 1 is 1.43 bits per heavy atom. The molecule has 1 saturated heterocycles. The summed E-state index contributed by atoms with van der Waals surface area (Å²) < 4.78 is 12.3. The number of aromatic nitrogens is 5. The van der Waals surface area contributed by atoms with Crippen molar-refractivity contribution in [3.05, 3.63) is 21.7 Å². The maximum absolute atomic E-state index is 6.06. The summed E-state index contributed by atoms with van der Waals surface area (Å²) in [5, 5.41) is 8.45. The van der Waals surface area contributed by atoms with Gasteiger partial charge >= 0.3 is 0 Å². The highest BCUT2D eigenvalue weighted by Gasteiger charge is 2.23. The zero-order valence-corrected chi connectivity index (χ0v) is 13.6. The van der Waals surface area contributed by atoms with Crippen molar-refractivity contribution in [3.63, 3.8) is 0 Å². The Hall–Kier alpha value is -1.09. The number of hydrogen-bond donors (Lipinski definition) is 0. The molecule has 1 fully saturated rings. The molecule has 1 aliphatic heterocycles. The third-order valence-corrected chi connectivity index (χ3v) is 4.43. The number of ether oxygens (including phenoxy) is 1. The average molecular weight is 329 g/mol. The van der Waals surface area contributed by atoms with Crippen LogP contribution in [0.5, 0.6) is 0 Å². The second kappa shape index (κ2) is 6.35. The van der Waals surface area contributed by atoms with Crippen LogP contribution in [0.2, 0.25) is 4.34 Å². The largest absolute Gasteiger partial charge is 0.374 e. The van der Waals surface area contributed by atoms with Crippen LogP contribution in [0.4, 0.5) is 0 Å². The van der Waals surface area contributed by atoms with Gasteiger partial charge in [0.15, 0.2) is 0 Å². The molecule has 0 aromatic carbocycles. The predicted octanol–water partition coefficient (Wildman–Crippen LogP) is 1.30. The fraction of sp³-hybridized carbons (Fsp3) is 0.667. The Bertz CT molecular complexity index is 615. The normalized spacial score (nSPS) is 20.0. The molecule has 0 bridgehead atoms. The summed E-state index contributed by atoms with van der Waals surface area (Å²) in [4.78, 5) is 6.60. The lowest BCUT2D eigenvalue weighted by atomic mass is 10.2. The molecular weight excluding hydrogens is 312 g/mol. The van der Waals surface area contributed by atoms with Gasteiger partial charge in [-0.1, -0.05) is 16.1 Å². The van der Waals surface area contributed by atoms with Crippen LogP contribution in [-0.2, 0) is 17.8 Å². The predicted molar refractivity (Wildman–Crippen MR) is 79.4 cm³/mol. The molecule has 0 aliphatic carbocycles. The zero-order valence-electron chi connectivity index (χ0n) is 12.0. The number of aryl methyl sites for hydroxylation is 2. The van der Waals surface area contributed by atoms with Crippen molar-refractivity contribution in [3.8, 4) is 0 Å². The van der Waals surface area contributed by atoms with E-state index in [1.807, 2.05) is 18.5 Å². The van der Waals surface area contributed by atoms with Gasteiger partial charge in [0.2, 0.25) is 0 Å². The van der Waals surface area contributed by atoms with Crippen molar-refractivity contribution >= 4 is 23.1 Å². The summed E-state index contributed by atoms with van der Waals surface area (Å²) >= 11 is 7.29. The highest BCUT2D eigenvalue weighted by atomic mass is 35.5. The first-order valence-electron chi connectivity index (χ1n) is 6.80. The first kappa shape index (κ1) is 14.8. The van der Waals surface area contributed by atoms with Crippen LogP contribution >= 0.6 is 23.1 Å². The van der Waals surface area contributed by atoms with Crippen LogP contribution < -0.4 is 0 Å². The molecule has 0 radical (unpaired) electrons. The summed E-state index contributed by atoms with van der Waals surface area (Å²) in [6, 6.07) is 0.